The van der Waals surface area contributed by atoms with Gasteiger partial charge in [-0.15, -0.1) is 0 Å². The Morgan fingerprint density at radius 3 is 2.40 bits per heavy atom. The summed E-state index contributed by atoms with van der Waals surface area (Å²) in [5.74, 6) is 1.68. The van der Waals surface area contributed by atoms with Gasteiger partial charge in [-0.25, -0.2) is 0 Å². The number of methoxy groups -OCH3 is 1. The van der Waals surface area contributed by atoms with Crippen LogP contribution in [0.15, 0.2) is 0 Å². The summed E-state index contributed by atoms with van der Waals surface area (Å²) in [6.07, 6.45) is 9.87. The molecule has 88 valence electrons. The molecule has 2 aliphatic carbocycles. The topological polar surface area (TPSA) is 21.3 Å². The number of ether oxygens (including phenoxy) is 1. The van der Waals surface area contributed by atoms with Crippen molar-refractivity contribution < 1.29 is 4.74 Å². The van der Waals surface area contributed by atoms with E-state index in [9.17, 15) is 0 Å². The van der Waals surface area contributed by atoms with E-state index in [1.807, 2.05) is 7.11 Å². The van der Waals surface area contributed by atoms with E-state index >= 15 is 0 Å². The lowest BCUT2D eigenvalue weighted by Crippen LogP contribution is -2.31. The van der Waals surface area contributed by atoms with Crippen molar-refractivity contribution in [3.63, 3.8) is 0 Å². The van der Waals surface area contributed by atoms with Gasteiger partial charge in [-0.2, -0.15) is 0 Å². The van der Waals surface area contributed by atoms with Crippen molar-refractivity contribution in [3.8, 4) is 0 Å². The van der Waals surface area contributed by atoms with Crippen LogP contribution in [0.25, 0.3) is 0 Å². The Balaban J connectivity index is 1.78. The highest BCUT2D eigenvalue weighted by Gasteiger charge is 2.26. The molecule has 1 N–H and O–H groups in total. The normalized spacial score (nSPS) is 32.6. The van der Waals surface area contributed by atoms with Gasteiger partial charge in [0, 0.05) is 19.8 Å². The van der Waals surface area contributed by atoms with Crippen molar-refractivity contribution in [1.82, 2.24) is 5.32 Å². The second-order valence-electron chi connectivity index (χ2n) is 5.30. The van der Waals surface area contributed by atoms with Crippen molar-refractivity contribution in [2.75, 3.05) is 20.3 Å². The number of hydrogen-bond donors (Lipinski definition) is 1. The van der Waals surface area contributed by atoms with Crippen LogP contribution in [-0.2, 0) is 4.74 Å². The van der Waals surface area contributed by atoms with E-state index in [0.29, 0.717) is 0 Å². The van der Waals surface area contributed by atoms with Crippen LogP contribution in [0.5, 0.6) is 0 Å². The minimum atomic E-state index is 0.809. The van der Waals surface area contributed by atoms with Gasteiger partial charge in [0.2, 0.25) is 0 Å². The van der Waals surface area contributed by atoms with Crippen molar-refractivity contribution in [2.45, 2.75) is 51.0 Å². The highest BCUT2D eigenvalue weighted by atomic mass is 16.5. The van der Waals surface area contributed by atoms with E-state index in [1.54, 1.807) is 0 Å². The van der Waals surface area contributed by atoms with Crippen molar-refractivity contribution >= 4 is 0 Å². The van der Waals surface area contributed by atoms with E-state index < -0.39 is 0 Å². The van der Waals surface area contributed by atoms with Crippen LogP contribution in [0.2, 0.25) is 0 Å². The average molecular weight is 211 g/mol. The minimum Gasteiger partial charge on any atom is -0.384 e. The van der Waals surface area contributed by atoms with Crippen LogP contribution in [0.1, 0.15) is 44.9 Å². The molecule has 0 aromatic heterocycles. The highest BCUT2D eigenvalue weighted by Crippen LogP contribution is 2.29. The average Bonchev–Trinajstić information content (AvgIpc) is 3.03. The van der Waals surface area contributed by atoms with Crippen LogP contribution in [-0.4, -0.2) is 26.3 Å². The van der Waals surface area contributed by atoms with Crippen LogP contribution < -0.4 is 5.32 Å². The molecule has 0 radical (unpaired) electrons. The first-order valence-electron chi connectivity index (χ1n) is 6.62. The van der Waals surface area contributed by atoms with Crippen LogP contribution in [0.4, 0.5) is 0 Å². The first kappa shape index (κ1) is 11.4. The standard InChI is InChI=1S/C13H25NO/c1-15-10-12-6-4-2-3-5-11(12)9-14-13-7-8-13/h11-14H,2-10H2,1H3. The Morgan fingerprint density at radius 2 is 1.73 bits per heavy atom. The van der Waals surface area contributed by atoms with Gasteiger partial charge in [0.1, 0.15) is 0 Å². The number of rotatable bonds is 5. The van der Waals surface area contributed by atoms with Gasteiger partial charge in [0.05, 0.1) is 0 Å². The molecule has 2 unspecified atom stereocenters. The van der Waals surface area contributed by atoms with Gasteiger partial charge in [0.15, 0.2) is 0 Å². The largest absolute Gasteiger partial charge is 0.384 e. The molecule has 2 rings (SSSR count). The quantitative estimate of drug-likeness (QED) is 0.706. The molecule has 2 fully saturated rings. The minimum absolute atomic E-state index is 0.809. The summed E-state index contributed by atoms with van der Waals surface area (Å²) in [6, 6.07) is 0.858. The third kappa shape index (κ3) is 3.76. The number of hydrogen-bond acceptors (Lipinski definition) is 2. The summed E-state index contributed by atoms with van der Waals surface area (Å²) >= 11 is 0. The van der Waals surface area contributed by atoms with Gasteiger partial charge < -0.3 is 10.1 Å². The Morgan fingerprint density at radius 1 is 1.00 bits per heavy atom. The summed E-state index contributed by atoms with van der Waals surface area (Å²) in [7, 11) is 1.84. The first-order valence-corrected chi connectivity index (χ1v) is 6.62. The molecule has 0 aliphatic heterocycles. The maximum atomic E-state index is 5.36. The maximum absolute atomic E-state index is 5.36. The molecule has 2 saturated carbocycles. The summed E-state index contributed by atoms with van der Waals surface area (Å²) in [4.78, 5) is 0. The second kappa shape index (κ2) is 5.86. The van der Waals surface area contributed by atoms with E-state index in [1.165, 1.54) is 51.5 Å². The molecule has 0 heterocycles. The fourth-order valence-corrected chi connectivity index (χ4v) is 2.77. The van der Waals surface area contributed by atoms with E-state index in [2.05, 4.69) is 5.32 Å². The SMILES string of the molecule is COCC1CCCCCC1CNC1CC1. The Labute approximate surface area is 93.8 Å². The summed E-state index contributed by atoms with van der Waals surface area (Å²) < 4.78 is 5.36. The third-order valence-electron chi connectivity index (χ3n) is 3.94. The molecule has 0 amide bonds. The molecular weight excluding hydrogens is 186 g/mol. The highest BCUT2D eigenvalue weighted by molar-refractivity contribution is 4.84. The smallest absolute Gasteiger partial charge is 0.0493 e. The fraction of sp³-hybridized carbons (Fsp3) is 1.00. The monoisotopic (exact) mass is 211 g/mol. The molecule has 0 aromatic carbocycles. The Kier molecular flexibility index (Phi) is 4.45. The van der Waals surface area contributed by atoms with Gasteiger partial charge in [-0.1, -0.05) is 19.3 Å². The molecule has 0 spiro atoms. The van der Waals surface area contributed by atoms with Crippen molar-refractivity contribution in [3.05, 3.63) is 0 Å². The molecule has 2 aliphatic rings. The zero-order chi connectivity index (χ0) is 10.5. The zero-order valence-electron chi connectivity index (χ0n) is 10.0. The van der Waals surface area contributed by atoms with Crippen LogP contribution >= 0.6 is 0 Å². The molecule has 2 nitrogen and oxygen atoms in total. The van der Waals surface area contributed by atoms with Gasteiger partial charge in [-0.05, 0) is 44.1 Å². The van der Waals surface area contributed by atoms with Crippen molar-refractivity contribution in [2.24, 2.45) is 11.8 Å². The molecule has 0 saturated heterocycles. The van der Waals surface area contributed by atoms with E-state index in [4.69, 9.17) is 4.74 Å². The van der Waals surface area contributed by atoms with Crippen molar-refractivity contribution in [1.29, 1.82) is 0 Å². The first-order chi connectivity index (χ1) is 7.40. The van der Waals surface area contributed by atoms with Gasteiger partial charge in [-0.3, -0.25) is 0 Å². The summed E-state index contributed by atoms with van der Waals surface area (Å²) in [6.45, 7) is 2.20. The third-order valence-corrected chi connectivity index (χ3v) is 3.94. The lowest BCUT2D eigenvalue weighted by molar-refractivity contribution is 0.114. The second-order valence-corrected chi connectivity index (χ2v) is 5.30. The molecular formula is C13H25NO. The Bertz CT molecular complexity index is 179. The predicted octanol–water partition coefficient (Wildman–Crippen LogP) is 2.58. The zero-order valence-corrected chi connectivity index (χ0v) is 10.0. The molecule has 2 atom stereocenters. The van der Waals surface area contributed by atoms with Crippen LogP contribution in [0, 0.1) is 11.8 Å². The predicted molar refractivity (Wildman–Crippen MR) is 63.0 cm³/mol. The van der Waals surface area contributed by atoms with Crippen LogP contribution in [0.3, 0.4) is 0 Å². The Hall–Kier alpha value is -0.0800. The van der Waals surface area contributed by atoms with Gasteiger partial charge >= 0.3 is 0 Å². The van der Waals surface area contributed by atoms with Gasteiger partial charge in [0.25, 0.3) is 0 Å². The molecule has 15 heavy (non-hydrogen) atoms. The molecule has 2 heteroatoms. The lowest BCUT2D eigenvalue weighted by Gasteiger charge is -2.24. The molecule has 0 aromatic rings. The summed E-state index contributed by atoms with van der Waals surface area (Å²) in [5, 5.41) is 3.69. The molecule has 0 bridgehead atoms. The lowest BCUT2D eigenvalue weighted by atomic mass is 9.88. The summed E-state index contributed by atoms with van der Waals surface area (Å²) in [5.41, 5.74) is 0. The van der Waals surface area contributed by atoms with E-state index in [-0.39, 0.29) is 0 Å². The maximum Gasteiger partial charge on any atom is 0.0493 e. The fourth-order valence-electron chi connectivity index (χ4n) is 2.77. The van der Waals surface area contributed by atoms with E-state index in [0.717, 1.165) is 24.5 Å². The number of nitrogens with one attached hydrogen (secondary N) is 1.